The second kappa shape index (κ2) is 9.74. The molecule has 6 rings (SSSR count). The minimum atomic E-state index is 0.0547. The molecule has 1 fully saturated rings. The first-order valence-corrected chi connectivity index (χ1v) is 13.2. The van der Waals surface area contributed by atoms with Gasteiger partial charge in [0, 0.05) is 67.6 Å². The zero-order chi connectivity index (χ0) is 25.5. The molecule has 3 aliphatic rings. The average Bonchev–Trinajstić information content (AvgIpc) is 3.45. The molecule has 0 unspecified atom stereocenters. The van der Waals surface area contributed by atoms with Gasteiger partial charge < -0.3 is 9.29 Å². The van der Waals surface area contributed by atoms with Crippen molar-refractivity contribution in [2.24, 2.45) is 16.2 Å². The van der Waals surface area contributed by atoms with Gasteiger partial charge in [0.15, 0.2) is 6.04 Å². The van der Waals surface area contributed by atoms with E-state index in [9.17, 15) is 4.55 Å². The van der Waals surface area contributed by atoms with Gasteiger partial charge in [-0.15, -0.1) is 4.70 Å². The van der Waals surface area contributed by atoms with Gasteiger partial charge in [0.2, 0.25) is 22.5 Å². The zero-order valence-electron chi connectivity index (χ0n) is 20.8. The number of rotatable bonds is 4. The van der Waals surface area contributed by atoms with Gasteiger partial charge in [-0.25, -0.2) is 4.98 Å². The Labute approximate surface area is 218 Å². The van der Waals surface area contributed by atoms with Crippen molar-refractivity contribution in [2.75, 3.05) is 20.3 Å². The number of nitrogens with one attached hydrogen (secondary N) is 1. The third-order valence-corrected chi connectivity index (χ3v) is 7.81. The SMILES string of the molecule is CC1=NN=[N+](C)C1=c1cnc2c(c1)[N+]([C@H](c1ccccc1)C1CCOCC1)=c1cc(C(=N)SO)ccc1=2. The van der Waals surface area contributed by atoms with Gasteiger partial charge in [-0.1, -0.05) is 36.4 Å². The molecular weight excluding hydrogens is 484 g/mol. The van der Waals surface area contributed by atoms with E-state index in [4.69, 9.17) is 15.1 Å². The molecule has 2 N–H and O–H groups in total. The zero-order valence-corrected chi connectivity index (χ0v) is 21.6. The highest BCUT2D eigenvalue weighted by atomic mass is 32.2. The smallest absolute Gasteiger partial charge is 0.233 e. The first kappa shape index (κ1) is 23.8. The summed E-state index contributed by atoms with van der Waals surface area (Å²) in [5.41, 5.74) is 4.72. The molecule has 0 bridgehead atoms. The van der Waals surface area contributed by atoms with Crippen molar-refractivity contribution in [3.63, 3.8) is 0 Å². The van der Waals surface area contributed by atoms with E-state index in [0.29, 0.717) is 23.5 Å². The van der Waals surface area contributed by atoms with E-state index in [2.05, 4.69) is 45.2 Å². The fourth-order valence-electron chi connectivity index (χ4n) is 5.70. The Morgan fingerprint density at radius 1 is 1.14 bits per heavy atom. The van der Waals surface area contributed by atoms with Crippen LogP contribution in [-0.2, 0) is 4.74 Å². The van der Waals surface area contributed by atoms with Crippen molar-refractivity contribution >= 4 is 34.2 Å². The molecule has 186 valence electrons. The van der Waals surface area contributed by atoms with Crippen LogP contribution in [0.25, 0.3) is 5.70 Å². The van der Waals surface area contributed by atoms with Gasteiger partial charge >= 0.3 is 0 Å². The van der Waals surface area contributed by atoms with Crippen molar-refractivity contribution in [2.45, 2.75) is 25.8 Å². The highest BCUT2D eigenvalue weighted by Gasteiger charge is 2.39. The third-order valence-electron chi connectivity index (χ3n) is 7.39. The Morgan fingerprint density at radius 3 is 2.62 bits per heavy atom. The van der Waals surface area contributed by atoms with Crippen molar-refractivity contribution in [3.05, 3.63) is 93.1 Å². The summed E-state index contributed by atoms with van der Waals surface area (Å²) in [6, 6.07) is 18.8. The van der Waals surface area contributed by atoms with Crippen LogP contribution in [0.5, 0.6) is 0 Å². The van der Waals surface area contributed by atoms with Crippen LogP contribution in [0.15, 0.2) is 71.1 Å². The Kier molecular flexibility index (Phi) is 6.27. The molecule has 3 aliphatic heterocycles. The predicted molar refractivity (Wildman–Crippen MR) is 143 cm³/mol. The highest BCUT2D eigenvalue weighted by Crippen LogP contribution is 2.36. The number of fused-ring (bicyclic) bond motifs is 2. The summed E-state index contributed by atoms with van der Waals surface area (Å²) in [6.45, 7) is 3.44. The number of benzene rings is 2. The summed E-state index contributed by atoms with van der Waals surface area (Å²) in [5, 5.41) is 20.7. The standard InChI is InChI=1S/C28H27N6O2S/c1-17-26(33(2)32-31-17)21-15-24-25(30-16-21)22-9-8-20(28(29)37-35)14-23(22)34(24)27(18-6-4-3-5-7-18)19-10-12-36-13-11-19/h3-9,14-16,19,27,29H,10-13H2,1-2H3/q+1/p+1/t27-/m1/s1. The van der Waals surface area contributed by atoms with E-state index in [-0.39, 0.29) is 11.1 Å². The van der Waals surface area contributed by atoms with Crippen molar-refractivity contribution in [1.29, 1.82) is 5.41 Å². The molecule has 0 saturated carbocycles. The monoisotopic (exact) mass is 512 g/mol. The maximum absolute atomic E-state index is 9.60. The summed E-state index contributed by atoms with van der Waals surface area (Å²) in [4.78, 5) is 4.96. The lowest BCUT2D eigenvalue weighted by molar-refractivity contribution is -0.467. The van der Waals surface area contributed by atoms with Crippen LogP contribution in [0.1, 0.15) is 36.9 Å². The number of hydrogen-bond donors (Lipinski definition) is 2. The first-order valence-electron chi connectivity index (χ1n) is 12.4. The number of nitrogens with zero attached hydrogens (tertiary/aromatic N) is 5. The molecule has 0 spiro atoms. The maximum atomic E-state index is 9.60. The molecule has 1 aromatic heterocycles. The lowest BCUT2D eigenvalue weighted by Gasteiger charge is -2.28. The Morgan fingerprint density at radius 2 is 1.92 bits per heavy atom. The second-order valence-electron chi connectivity index (χ2n) is 9.57. The molecule has 8 nitrogen and oxygen atoms in total. The minimum Gasteiger partial charge on any atom is -0.381 e. The lowest BCUT2D eigenvalue weighted by atomic mass is 9.86. The molecule has 3 aromatic rings. The molecule has 37 heavy (non-hydrogen) atoms. The van der Waals surface area contributed by atoms with Crippen molar-refractivity contribution in [3.8, 4) is 0 Å². The Balaban J connectivity index is 1.69. The summed E-state index contributed by atoms with van der Waals surface area (Å²) in [5.74, 6) is 0.369. The largest absolute Gasteiger partial charge is 0.381 e. The van der Waals surface area contributed by atoms with Crippen LogP contribution in [0, 0.1) is 21.9 Å². The molecule has 9 heteroatoms. The molecule has 1 saturated heterocycles. The average molecular weight is 513 g/mol. The van der Waals surface area contributed by atoms with Crippen LogP contribution < -0.4 is 15.2 Å². The first-order chi connectivity index (χ1) is 18.1. The van der Waals surface area contributed by atoms with Crippen molar-refractivity contribution in [1.82, 2.24) is 9.56 Å². The fourth-order valence-corrected chi connectivity index (χ4v) is 5.93. The summed E-state index contributed by atoms with van der Waals surface area (Å²) in [6.07, 6.45) is 3.81. The topological polar surface area (TPSA) is 96.9 Å². The fraction of sp³-hybridized carbons (Fsp3) is 0.286. The summed E-state index contributed by atoms with van der Waals surface area (Å²) < 4.78 is 19.5. The third kappa shape index (κ3) is 4.13. The van der Waals surface area contributed by atoms with Crippen LogP contribution in [0.4, 0.5) is 5.69 Å². The quantitative estimate of drug-likeness (QED) is 0.241. The maximum Gasteiger partial charge on any atom is 0.233 e. The van der Waals surface area contributed by atoms with Gasteiger partial charge in [0.05, 0.1) is 15.5 Å². The molecule has 0 radical (unpaired) electrons. The van der Waals surface area contributed by atoms with E-state index in [1.165, 1.54) is 5.56 Å². The lowest BCUT2D eigenvalue weighted by Crippen LogP contribution is -2.36. The number of ether oxygens (including phenoxy) is 1. The van der Waals surface area contributed by atoms with E-state index >= 15 is 0 Å². The highest BCUT2D eigenvalue weighted by molar-refractivity contribution is 8.09. The van der Waals surface area contributed by atoms with E-state index in [1.54, 1.807) is 4.70 Å². The van der Waals surface area contributed by atoms with Crippen molar-refractivity contribution < 1.29 is 14.0 Å². The van der Waals surface area contributed by atoms with Crippen LogP contribution in [-0.4, -0.2) is 45.3 Å². The van der Waals surface area contributed by atoms with Gasteiger partial charge in [-0.05, 0) is 18.9 Å². The minimum absolute atomic E-state index is 0.0547. The normalized spacial score (nSPS) is 19.3. The summed E-state index contributed by atoms with van der Waals surface area (Å²) in [7, 11) is 1.90. The van der Waals surface area contributed by atoms with E-state index in [1.807, 2.05) is 44.4 Å². The summed E-state index contributed by atoms with van der Waals surface area (Å²) >= 11 is 0.461. The Bertz CT molecular complexity index is 1670. The molecule has 0 aliphatic carbocycles. The number of pyridine rings is 1. The molecule has 0 amide bonds. The second-order valence-corrected chi connectivity index (χ2v) is 10.2. The van der Waals surface area contributed by atoms with Crippen LogP contribution >= 0.6 is 12.0 Å². The molecule has 1 atom stereocenters. The van der Waals surface area contributed by atoms with E-state index in [0.717, 1.165) is 64.3 Å². The number of aromatic nitrogens is 1. The van der Waals surface area contributed by atoms with Crippen LogP contribution in [0.3, 0.4) is 0 Å². The molecule has 4 heterocycles. The van der Waals surface area contributed by atoms with Gasteiger partial charge in [-0.3, -0.25) is 5.41 Å². The predicted octanol–water partition coefficient (Wildman–Crippen LogP) is 3.80. The van der Waals surface area contributed by atoms with Gasteiger partial charge in [0.1, 0.15) is 22.7 Å². The molecular formula is C28H28N6O2S+2. The molecule has 2 aromatic carbocycles. The van der Waals surface area contributed by atoms with Gasteiger partial charge in [0.25, 0.3) is 0 Å². The van der Waals surface area contributed by atoms with Gasteiger partial charge in [-0.2, -0.15) is 4.58 Å². The van der Waals surface area contributed by atoms with Crippen LogP contribution in [0.2, 0.25) is 0 Å². The number of hydrogen-bond acceptors (Lipinski definition) is 7. The Hall–Kier alpha value is -3.53. The van der Waals surface area contributed by atoms with E-state index < -0.39 is 0 Å².